The average Bonchev–Trinajstić information content (AvgIpc) is 2.42. The van der Waals surface area contributed by atoms with Crippen LogP contribution in [0.2, 0.25) is 0 Å². The lowest BCUT2D eigenvalue weighted by Gasteiger charge is -2.16. The van der Waals surface area contributed by atoms with Gasteiger partial charge < -0.3 is 5.32 Å². The predicted molar refractivity (Wildman–Crippen MR) is 95.8 cm³/mol. The Hall–Kier alpha value is 0.660. The zero-order valence-corrected chi connectivity index (χ0v) is 15.0. The van der Waals surface area contributed by atoms with Crippen molar-refractivity contribution >= 4 is 23.5 Å². The molecular formula is C16H35NS2. The average molecular weight is 306 g/mol. The van der Waals surface area contributed by atoms with Crippen LogP contribution in [0.25, 0.3) is 0 Å². The Morgan fingerprint density at radius 1 is 0.895 bits per heavy atom. The van der Waals surface area contributed by atoms with Crippen molar-refractivity contribution in [3.63, 3.8) is 0 Å². The molecule has 0 aromatic heterocycles. The molecule has 0 saturated heterocycles. The van der Waals surface area contributed by atoms with Crippen LogP contribution in [0.4, 0.5) is 0 Å². The van der Waals surface area contributed by atoms with Crippen molar-refractivity contribution in [2.24, 2.45) is 0 Å². The molecule has 0 aliphatic carbocycles. The van der Waals surface area contributed by atoms with Crippen molar-refractivity contribution in [2.75, 3.05) is 30.3 Å². The summed E-state index contributed by atoms with van der Waals surface area (Å²) in [5.41, 5.74) is 0. The minimum atomic E-state index is 0.836. The first-order chi connectivity index (χ1) is 9.35. The van der Waals surface area contributed by atoms with Gasteiger partial charge in [-0.15, -0.1) is 0 Å². The van der Waals surface area contributed by atoms with Gasteiger partial charge in [-0.3, -0.25) is 0 Å². The number of rotatable bonds is 15. The maximum absolute atomic E-state index is 3.62. The Kier molecular flexibility index (Phi) is 17.3. The highest BCUT2D eigenvalue weighted by Gasteiger charge is 2.07. The molecule has 0 aliphatic rings. The Morgan fingerprint density at radius 2 is 1.63 bits per heavy atom. The molecule has 1 atom stereocenters. The van der Waals surface area contributed by atoms with E-state index < -0.39 is 0 Å². The van der Waals surface area contributed by atoms with E-state index >= 15 is 0 Å². The molecule has 0 saturated carbocycles. The Morgan fingerprint density at radius 3 is 2.32 bits per heavy atom. The van der Waals surface area contributed by atoms with Crippen LogP contribution in [0.15, 0.2) is 0 Å². The summed E-state index contributed by atoms with van der Waals surface area (Å²) in [6.07, 6.45) is 9.92. The van der Waals surface area contributed by atoms with Gasteiger partial charge in [0.1, 0.15) is 0 Å². The van der Waals surface area contributed by atoms with E-state index in [2.05, 4.69) is 37.8 Å². The van der Waals surface area contributed by atoms with Crippen molar-refractivity contribution in [3.05, 3.63) is 0 Å². The lowest BCUT2D eigenvalue weighted by molar-refractivity contribution is 0.567. The first kappa shape index (κ1) is 19.7. The fourth-order valence-corrected chi connectivity index (χ4v) is 3.80. The fraction of sp³-hybridized carbons (Fsp3) is 1.00. The quantitative estimate of drug-likeness (QED) is 0.418. The third-order valence-electron chi connectivity index (χ3n) is 3.28. The molecule has 19 heavy (non-hydrogen) atoms. The summed E-state index contributed by atoms with van der Waals surface area (Å²) in [6, 6.07) is 0. The highest BCUT2D eigenvalue weighted by molar-refractivity contribution is 7.99. The maximum atomic E-state index is 3.62. The van der Waals surface area contributed by atoms with E-state index in [9.17, 15) is 0 Å². The molecule has 0 amide bonds. The molecule has 0 aromatic carbocycles. The standard InChI is InChI=1S/C16H35NS2/c1-4-7-8-9-10-11-12-16(19-6-3)15-17-13-14-18-5-2/h16-17H,4-15H2,1-3H3. The summed E-state index contributed by atoms with van der Waals surface area (Å²) in [6.45, 7) is 9.19. The van der Waals surface area contributed by atoms with E-state index in [1.54, 1.807) is 0 Å². The highest BCUT2D eigenvalue weighted by atomic mass is 32.2. The van der Waals surface area contributed by atoms with Crippen molar-refractivity contribution in [3.8, 4) is 0 Å². The van der Waals surface area contributed by atoms with E-state index in [1.165, 1.54) is 75.3 Å². The van der Waals surface area contributed by atoms with Gasteiger partial charge in [-0.25, -0.2) is 0 Å². The number of thioether (sulfide) groups is 2. The number of unbranched alkanes of at least 4 members (excludes halogenated alkanes) is 5. The van der Waals surface area contributed by atoms with Gasteiger partial charge in [-0.05, 0) is 17.9 Å². The van der Waals surface area contributed by atoms with E-state index in [1.807, 2.05) is 11.8 Å². The molecule has 0 fully saturated rings. The molecule has 0 aliphatic heterocycles. The molecule has 0 aromatic rings. The SMILES string of the molecule is CCCCCCCCC(CNCCSCC)SCC. The molecule has 3 heteroatoms. The van der Waals surface area contributed by atoms with Gasteiger partial charge in [0.2, 0.25) is 0 Å². The molecule has 0 spiro atoms. The largest absolute Gasteiger partial charge is 0.315 e. The van der Waals surface area contributed by atoms with Gasteiger partial charge in [0.15, 0.2) is 0 Å². The van der Waals surface area contributed by atoms with E-state index in [-0.39, 0.29) is 0 Å². The molecular weight excluding hydrogens is 270 g/mol. The maximum Gasteiger partial charge on any atom is 0.0172 e. The fourth-order valence-electron chi connectivity index (χ4n) is 2.18. The minimum absolute atomic E-state index is 0.836. The van der Waals surface area contributed by atoms with Gasteiger partial charge in [0, 0.05) is 24.1 Å². The molecule has 1 unspecified atom stereocenters. The van der Waals surface area contributed by atoms with Crippen molar-refractivity contribution < 1.29 is 0 Å². The van der Waals surface area contributed by atoms with Gasteiger partial charge in [0.25, 0.3) is 0 Å². The van der Waals surface area contributed by atoms with E-state index in [0.29, 0.717) is 0 Å². The molecule has 0 heterocycles. The summed E-state index contributed by atoms with van der Waals surface area (Å²) in [5.74, 6) is 3.76. The zero-order chi connectivity index (χ0) is 14.2. The van der Waals surface area contributed by atoms with Crippen LogP contribution in [-0.4, -0.2) is 35.6 Å². The Bertz CT molecular complexity index is 165. The second-order valence-electron chi connectivity index (χ2n) is 5.03. The summed E-state index contributed by atoms with van der Waals surface area (Å²) in [4.78, 5) is 0. The smallest absolute Gasteiger partial charge is 0.0172 e. The molecule has 0 radical (unpaired) electrons. The molecule has 0 bridgehead atoms. The predicted octanol–water partition coefficient (Wildman–Crippen LogP) is 5.20. The van der Waals surface area contributed by atoms with E-state index in [0.717, 1.165) is 5.25 Å². The lowest BCUT2D eigenvalue weighted by atomic mass is 10.1. The van der Waals surface area contributed by atoms with Crippen LogP contribution >= 0.6 is 23.5 Å². The number of hydrogen-bond acceptors (Lipinski definition) is 3. The van der Waals surface area contributed by atoms with E-state index in [4.69, 9.17) is 0 Å². The Labute approximate surface area is 130 Å². The molecule has 116 valence electrons. The second kappa shape index (κ2) is 16.7. The summed E-state index contributed by atoms with van der Waals surface area (Å²) in [5, 5.41) is 4.46. The lowest BCUT2D eigenvalue weighted by Crippen LogP contribution is -2.27. The van der Waals surface area contributed by atoms with Gasteiger partial charge in [-0.2, -0.15) is 23.5 Å². The topological polar surface area (TPSA) is 12.0 Å². The van der Waals surface area contributed by atoms with Crippen molar-refractivity contribution in [1.29, 1.82) is 0 Å². The van der Waals surface area contributed by atoms with Crippen molar-refractivity contribution in [2.45, 2.75) is 71.0 Å². The number of hydrogen-bond donors (Lipinski definition) is 1. The molecule has 0 rings (SSSR count). The van der Waals surface area contributed by atoms with Crippen LogP contribution in [-0.2, 0) is 0 Å². The first-order valence-electron chi connectivity index (χ1n) is 8.25. The normalized spacial score (nSPS) is 12.8. The molecule has 1 nitrogen and oxygen atoms in total. The van der Waals surface area contributed by atoms with Gasteiger partial charge >= 0.3 is 0 Å². The highest BCUT2D eigenvalue weighted by Crippen LogP contribution is 2.18. The third-order valence-corrected chi connectivity index (χ3v) is 5.39. The number of nitrogens with one attached hydrogen (secondary N) is 1. The van der Waals surface area contributed by atoms with Gasteiger partial charge in [0.05, 0.1) is 0 Å². The van der Waals surface area contributed by atoms with Crippen LogP contribution < -0.4 is 5.32 Å². The first-order valence-corrected chi connectivity index (χ1v) is 10.5. The summed E-state index contributed by atoms with van der Waals surface area (Å²) >= 11 is 4.17. The zero-order valence-electron chi connectivity index (χ0n) is 13.4. The summed E-state index contributed by atoms with van der Waals surface area (Å²) in [7, 11) is 0. The minimum Gasteiger partial charge on any atom is -0.315 e. The van der Waals surface area contributed by atoms with Crippen molar-refractivity contribution in [1.82, 2.24) is 5.32 Å². The molecule has 1 N–H and O–H groups in total. The third kappa shape index (κ3) is 14.9. The van der Waals surface area contributed by atoms with Crippen LogP contribution in [0, 0.1) is 0 Å². The Balaban J connectivity index is 3.45. The van der Waals surface area contributed by atoms with Crippen LogP contribution in [0.1, 0.15) is 65.7 Å². The summed E-state index contributed by atoms with van der Waals surface area (Å²) < 4.78 is 0. The monoisotopic (exact) mass is 305 g/mol. The van der Waals surface area contributed by atoms with Crippen LogP contribution in [0.5, 0.6) is 0 Å². The van der Waals surface area contributed by atoms with Crippen LogP contribution in [0.3, 0.4) is 0 Å². The second-order valence-corrected chi connectivity index (χ2v) is 8.01. The van der Waals surface area contributed by atoms with Gasteiger partial charge in [-0.1, -0.05) is 59.3 Å².